The molecular weight excluding hydrogens is 292 g/mol. The Labute approximate surface area is 135 Å². The van der Waals surface area contributed by atoms with E-state index in [0.717, 1.165) is 16.7 Å². The number of amides is 1. The van der Waals surface area contributed by atoms with Gasteiger partial charge in [0, 0.05) is 5.56 Å². The summed E-state index contributed by atoms with van der Waals surface area (Å²) >= 11 is 0. The van der Waals surface area contributed by atoms with Crippen LogP contribution in [0.15, 0.2) is 41.5 Å². The lowest BCUT2D eigenvalue weighted by atomic mass is 10.1. The van der Waals surface area contributed by atoms with E-state index in [2.05, 4.69) is 10.5 Å². The van der Waals surface area contributed by atoms with Crippen LogP contribution >= 0.6 is 0 Å². The van der Waals surface area contributed by atoms with Crippen LogP contribution in [0.2, 0.25) is 0 Å². The molecule has 23 heavy (non-hydrogen) atoms. The number of carbonyl (C=O) groups is 1. The quantitative estimate of drug-likeness (QED) is 0.659. The minimum Gasteiger partial charge on any atom is -0.507 e. The van der Waals surface area contributed by atoms with Gasteiger partial charge >= 0.3 is 0 Å². The Morgan fingerprint density at radius 1 is 1.22 bits per heavy atom. The van der Waals surface area contributed by atoms with Crippen molar-refractivity contribution >= 4 is 12.1 Å². The highest BCUT2D eigenvalue weighted by Crippen LogP contribution is 2.22. The normalized spacial score (nSPS) is 10.7. The zero-order valence-electron chi connectivity index (χ0n) is 13.5. The van der Waals surface area contributed by atoms with Crippen LogP contribution in [0.3, 0.4) is 0 Å². The number of hydrogen-bond acceptors (Lipinski definition) is 4. The number of aromatic hydroxyl groups is 1. The first-order chi connectivity index (χ1) is 11.0. The number of aryl methyl sites for hydroxylation is 3. The van der Waals surface area contributed by atoms with E-state index in [1.807, 2.05) is 45.0 Å². The van der Waals surface area contributed by atoms with Gasteiger partial charge in [-0.3, -0.25) is 4.79 Å². The average Bonchev–Trinajstić information content (AvgIpc) is 2.49. The van der Waals surface area contributed by atoms with Crippen LogP contribution in [0.5, 0.6) is 11.5 Å². The maximum Gasteiger partial charge on any atom is 0.277 e. The number of benzene rings is 2. The lowest BCUT2D eigenvalue weighted by molar-refractivity contribution is -0.123. The maximum atomic E-state index is 11.8. The molecule has 0 radical (unpaired) electrons. The van der Waals surface area contributed by atoms with Crippen LogP contribution in [-0.2, 0) is 4.79 Å². The van der Waals surface area contributed by atoms with Crippen molar-refractivity contribution in [3.63, 3.8) is 0 Å². The lowest BCUT2D eigenvalue weighted by Gasteiger charge is -2.10. The van der Waals surface area contributed by atoms with E-state index >= 15 is 0 Å². The number of para-hydroxylation sites is 1. The fourth-order valence-corrected chi connectivity index (χ4v) is 2.13. The number of ether oxygens (including phenoxy) is 1. The first-order valence-electron chi connectivity index (χ1n) is 7.28. The van der Waals surface area contributed by atoms with Crippen LogP contribution in [0.25, 0.3) is 0 Å². The van der Waals surface area contributed by atoms with Crippen molar-refractivity contribution in [1.82, 2.24) is 5.43 Å². The zero-order valence-corrected chi connectivity index (χ0v) is 13.5. The van der Waals surface area contributed by atoms with Crippen molar-refractivity contribution in [1.29, 1.82) is 0 Å². The Bertz CT molecular complexity index is 719. The van der Waals surface area contributed by atoms with E-state index in [0.29, 0.717) is 11.3 Å². The molecule has 0 bridgehead atoms. The number of phenols is 1. The molecule has 2 aromatic rings. The van der Waals surface area contributed by atoms with Gasteiger partial charge in [0.15, 0.2) is 6.61 Å². The second kappa shape index (κ2) is 7.45. The lowest BCUT2D eigenvalue weighted by Crippen LogP contribution is -2.25. The first kappa shape index (κ1) is 16.5. The van der Waals surface area contributed by atoms with Crippen molar-refractivity contribution in [2.24, 2.45) is 5.10 Å². The summed E-state index contributed by atoms with van der Waals surface area (Å²) in [6, 6.07) is 11.0. The average molecular weight is 312 g/mol. The molecule has 0 fully saturated rings. The van der Waals surface area contributed by atoms with Gasteiger partial charge in [-0.1, -0.05) is 24.3 Å². The summed E-state index contributed by atoms with van der Waals surface area (Å²) < 4.78 is 5.54. The van der Waals surface area contributed by atoms with E-state index < -0.39 is 0 Å². The summed E-state index contributed by atoms with van der Waals surface area (Å²) in [6.45, 7) is 5.62. The second-order valence-electron chi connectivity index (χ2n) is 5.37. The minimum atomic E-state index is -0.365. The van der Waals surface area contributed by atoms with Crippen LogP contribution < -0.4 is 10.2 Å². The van der Waals surface area contributed by atoms with Crippen LogP contribution in [0.4, 0.5) is 0 Å². The largest absolute Gasteiger partial charge is 0.507 e. The highest BCUT2D eigenvalue weighted by molar-refractivity contribution is 5.85. The summed E-state index contributed by atoms with van der Waals surface area (Å²) in [4.78, 5) is 11.8. The van der Waals surface area contributed by atoms with Gasteiger partial charge in [-0.05, 0) is 49.6 Å². The molecule has 2 N–H and O–H groups in total. The molecule has 120 valence electrons. The molecule has 0 saturated heterocycles. The van der Waals surface area contributed by atoms with Crippen molar-refractivity contribution in [2.45, 2.75) is 20.8 Å². The Balaban J connectivity index is 1.89. The van der Waals surface area contributed by atoms with Gasteiger partial charge in [0.2, 0.25) is 0 Å². The SMILES string of the molecule is Cc1ccc(/C=N\NC(=O)COc2c(C)cccc2C)c(O)c1. The van der Waals surface area contributed by atoms with Crippen molar-refractivity contribution in [3.05, 3.63) is 58.7 Å². The molecule has 0 aromatic heterocycles. The highest BCUT2D eigenvalue weighted by atomic mass is 16.5. The molecule has 0 spiro atoms. The van der Waals surface area contributed by atoms with Gasteiger partial charge in [-0.15, -0.1) is 0 Å². The van der Waals surface area contributed by atoms with Crippen LogP contribution in [-0.4, -0.2) is 23.8 Å². The van der Waals surface area contributed by atoms with E-state index in [1.54, 1.807) is 12.1 Å². The number of carbonyl (C=O) groups excluding carboxylic acids is 1. The first-order valence-corrected chi connectivity index (χ1v) is 7.28. The minimum absolute atomic E-state index is 0.120. The van der Waals surface area contributed by atoms with E-state index in [-0.39, 0.29) is 18.3 Å². The zero-order chi connectivity index (χ0) is 16.8. The summed E-state index contributed by atoms with van der Waals surface area (Å²) in [5.41, 5.74) is 5.82. The van der Waals surface area contributed by atoms with Gasteiger partial charge in [0.05, 0.1) is 6.21 Å². The number of hydrogen-bond donors (Lipinski definition) is 2. The third-order valence-electron chi connectivity index (χ3n) is 3.34. The number of hydrazone groups is 1. The molecule has 5 heteroatoms. The molecule has 0 aliphatic carbocycles. The second-order valence-corrected chi connectivity index (χ2v) is 5.37. The van der Waals surface area contributed by atoms with Gasteiger partial charge in [0.25, 0.3) is 5.91 Å². The monoisotopic (exact) mass is 312 g/mol. The van der Waals surface area contributed by atoms with Gasteiger partial charge in [-0.2, -0.15) is 5.10 Å². The smallest absolute Gasteiger partial charge is 0.277 e. The molecule has 0 heterocycles. The van der Waals surface area contributed by atoms with E-state index in [9.17, 15) is 9.90 Å². The number of nitrogens with one attached hydrogen (secondary N) is 1. The fraction of sp³-hybridized carbons (Fsp3) is 0.222. The number of rotatable bonds is 5. The molecule has 1 amide bonds. The van der Waals surface area contributed by atoms with Gasteiger partial charge in [-0.25, -0.2) is 5.43 Å². The third kappa shape index (κ3) is 4.57. The Morgan fingerprint density at radius 3 is 2.57 bits per heavy atom. The fourth-order valence-electron chi connectivity index (χ4n) is 2.13. The number of nitrogens with zero attached hydrogens (tertiary/aromatic N) is 1. The Kier molecular flexibility index (Phi) is 5.36. The predicted molar refractivity (Wildman–Crippen MR) is 90.0 cm³/mol. The molecular formula is C18H20N2O3. The molecule has 0 unspecified atom stereocenters. The molecule has 5 nitrogen and oxygen atoms in total. The third-order valence-corrected chi connectivity index (χ3v) is 3.34. The molecule has 0 saturated carbocycles. The number of phenolic OH excluding ortho intramolecular Hbond substituents is 1. The molecule has 2 aromatic carbocycles. The van der Waals surface area contributed by atoms with Gasteiger partial charge in [0.1, 0.15) is 11.5 Å². The highest BCUT2D eigenvalue weighted by Gasteiger charge is 2.06. The summed E-state index contributed by atoms with van der Waals surface area (Å²) in [6.07, 6.45) is 1.39. The standard InChI is InChI=1S/C18H20N2O3/c1-12-7-8-15(16(21)9-12)10-19-20-17(22)11-23-18-13(2)5-4-6-14(18)3/h4-10,21H,11H2,1-3H3,(H,20,22)/b19-10-. The summed E-state index contributed by atoms with van der Waals surface area (Å²) in [5.74, 6) is 0.466. The van der Waals surface area contributed by atoms with Crippen LogP contribution in [0, 0.1) is 20.8 Å². The summed E-state index contributed by atoms with van der Waals surface area (Å²) in [7, 11) is 0. The van der Waals surface area contributed by atoms with Crippen molar-refractivity contribution in [3.8, 4) is 11.5 Å². The molecule has 2 rings (SSSR count). The Hall–Kier alpha value is -2.82. The topological polar surface area (TPSA) is 70.9 Å². The summed E-state index contributed by atoms with van der Waals surface area (Å²) in [5, 5.41) is 13.6. The molecule has 0 aliphatic heterocycles. The van der Waals surface area contributed by atoms with Crippen molar-refractivity contribution in [2.75, 3.05) is 6.61 Å². The van der Waals surface area contributed by atoms with Gasteiger partial charge < -0.3 is 9.84 Å². The van der Waals surface area contributed by atoms with E-state index in [4.69, 9.17) is 4.74 Å². The maximum absolute atomic E-state index is 11.8. The Morgan fingerprint density at radius 2 is 1.91 bits per heavy atom. The molecule has 0 atom stereocenters. The van der Waals surface area contributed by atoms with Crippen molar-refractivity contribution < 1.29 is 14.6 Å². The van der Waals surface area contributed by atoms with Crippen LogP contribution in [0.1, 0.15) is 22.3 Å². The van der Waals surface area contributed by atoms with E-state index in [1.165, 1.54) is 6.21 Å². The molecule has 0 aliphatic rings. The predicted octanol–water partition coefficient (Wildman–Crippen LogP) is 2.85.